The molecule has 0 saturated heterocycles. The monoisotopic (exact) mass is 457 g/mol. The number of hydrazine groups is 1. The Morgan fingerprint density at radius 3 is 2.42 bits per heavy atom. The summed E-state index contributed by atoms with van der Waals surface area (Å²) in [5, 5.41) is 2.47. The molecule has 176 valence electrons. The number of rotatable bonds is 9. The molecule has 10 nitrogen and oxygen atoms in total. The van der Waals surface area contributed by atoms with Crippen molar-refractivity contribution in [3.63, 3.8) is 0 Å². The lowest BCUT2D eigenvalue weighted by Crippen LogP contribution is -2.46. The van der Waals surface area contributed by atoms with Gasteiger partial charge in [-0.2, -0.15) is 0 Å². The number of fused-ring (bicyclic) bond motifs is 1. The third-order valence-electron chi connectivity index (χ3n) is 4.74. The van der Waals surface area contributed by atoms with Crippen LogP contribution in [0, 0.1) is 5.92 Å². The van der Waals surface area contributed by atoms with Crippen molar-refractivity contribution in [1.29, 1.82) is 0 Å². The van der Waals surface area contributed by atoms with Crippen molar-refractivity contribution in [3.05, 3.63) is 47.5 Å². The first-order valence-corrected chi connectivity index (χ1v) is 10.4. The van der Waals surface area contributed by atoms with E-state index in [4.69, 9.17) is 18.9 Å². The van der Waals surface area contributed by atoms with Crippen LogP contribution in [0.15, 0.2) is 36.4 Å². The number of amides is 3. The molecule has 10 heteroatoms. The molecule has 2 aromatic rings. The first kappa shape index (κ1) is 23.7. The SMILES string of the molecule is COc1cc(C(=O)NNC(=O)CNC(=O)c2ccc3c(c2)OCO3)ccc1OCCC(C)C. The fraction of sp³-hybridized carbons (Fsp3) is 0.348. The second-order valence-electron chi connectivity index (χ2n) is 7.65. The van der Waals surface area contributed by atoms with Crippen molar-refractivity contribution in [2.45, 2.75) is 20.3 Å². The van der Waals surface area contributed by atoms with Crippen LogP contribution in [0.25, 0.3) is 0 Å². The molecule has 0 spiro atoms. The molecule has 0 fully saturated rings. The normalized spacial score (nSPS) is 11.6. The second-order valence-corrected chi connectivity index (χ2v) is 7.65. The predicted octanol–water partition coefficient (Wildman–Crippen LogP) is 2.04. The second kappa shape index (κ2) is 11.1. The Morgan fingerprint density at radius 1 is 0.939 bits per heavy atom. The van der Waals surface area contributed by atoms with Gasteiger partial charge in [-0.25, -0.2) is 0 Å². The molecule has 0 aromatic heterocycles. The fourth-order valence-electron chi connectivity index (χ4n) is 2.88. The Hall–Kier alpha value is -3.95. The largest absolute Gasteiger partial charge is 0.493 e. The van der Waals surface area contributed by atoms with E-state index in [-0.39, 0.29) is 18.9 Å². The van der Waals surface area contributed by atoms with Gasteiger partial charge in [0.2, 0.25) is 6.79 Å². The van der Waals surface area contributed by atoms with E-state index in [1.165, 1.54) is 19.2 Å². The van der Waals surface area contributed by atoms with E-state index in [1.54, 1.807) is 24.3 Å². The summed E-state index contributed by atoms with van der Waals surface area (Å²) >= 11 is 0. The number of carbonyl (C=O) groups excluding carboxylic acids is 3. The summed E-state index contributed by atoms with van der Waals surface area (Å²) in [6.07, 6.45) is 0.891. The van der Waals surface area contributed by atoms with Crippen molar-refractivity contribution in [2.75, 3.05) is 27.1 Å². The Labute approximate surface area is 191 Å². The third-order valence-corrected chi connectivity index (χ3v) is 4.74. The van der Waals surface area contributed by atoms with Crippen LogP contribution in [-0.4, -0.2) is 44.8 Å². The van der Waals surface area contributed by atoms with Gasteiger partial charge in [-0.3, -0.25) is 25.2 Å². The topological polar surface area (TPSA) is 124 Å². The maximum atomic E-state index is 12.4. The standard InChI is InChI=1S/C23H27N3O7/c1-14(2)8-9-31-17-6-5-16(10-19(17)30-3)23(29)26-25-21(27)12-24-22(28)15-4-7-18-20(11-15)33-13-32-18/h4-7,10-11,14H,8-9,12-13H2,1-3H3,(H,24,28)(H,25,27)(H,26,29). The van der Waals surface area contributed by atoms with Gasteiger partial charge in [0.05, 0.1) is 20.3 Å². The van der Waals surface area contributed by atoms with E-state index in [9.17, 15) is 14.4 Å². The van der Waals surface area contributed by atoms with Crippen LogP contribution in [-0.2, 0) is 4.79 Å². The van der Waals surface area contributed by atoms with Crippen molar-refractivity contribution < 1.29 is 33.3 Å². The van der Waals surface area contributed by atoms with Crippen molar-refractivity contribution >= 4 is 17.7 Å². The molecule has 1 aliphatic heterocycles. The van der Waals surface area contributed by atoms with Crippen LogP contribution in [0.3, 0.4) is 0 Å². The number of nitrogens with one attached hydrogen (secondary N) is 3. The van der Waals surface area contributed by atoms with Crippen molar-refractivity contribution in [3.8, 4) is 23.0 Å². The summed E-state index contributed by atoms with van der Waals surface area (Å²) in [6.45, 7) is 4.51. The molecule has 1 aliphatic rings. The number of carbonyl (C=O) groups is 3. The lowest BCUT2D eigenvalue weighted by Gasteiger charge is -2.13. The van der Waals surface area contributed by atoms with Crippen LogP contribution in [0.4, 0.5) is 0 Å². The molecule has 3 amide bonds. The predicted molar refractivity (Wildman–Crippen MR) is 118 cm³/mol. The smallest absolute Gasteiger partial charge is 0.269 e. The zero-order valence-electron chi connectivity index (χ0n) is 18.7. The number of benzene rings is 2. The third kappa shape index (κ3) is 6.52. The average molecular weight is 457 g/mol. The van der Waals surface area contributed by atoms with Gasteiger partial charge in [0, 0.05) is 11.1 Å². The highest BCUT2D eigenvalue weighted by atomic mass is 16.7. The van der Waals surface area contributed by atoms with E-state index in [2.05, 4.69) is 30.0 Å². The summed E-state index contributed by atoms with van der Waals surface area (Å²) < 4.78 is 21.4. The van der Waals surface area contributed by atoms with E-state index >= 15 is 0 Å². The highest BCUT2D eigenvalue weighted by Crippen LogP contribution is 2.32. The van der Waals surface area contributed by atoms with Gasteiger partial charge in [0.15, 0.2) is 23.0 Å². The highest BCUT2D eigenvalue weighted by Gasteiger charge is 2.17. The van der Waals surface area contributed by atoms with Crippen LogP contribution in [0.1, 0.15) is 41.0 Å². The van der Waals surface area contributed by atoms with Crippen LogP contribution < -0.4 is 35.1 Å². The van der Waals surface area contributed by atoms with E-state index in [0.29, 0.717) is 41.1 Å². The lowest BCUT2D eigenvalue weighted by molar-refractivity contribution is -0.120. The minimum atomic E-state index is -0.599. The minimum Gasteiger partial charge on any atom is -0.493 e. The van der Waals surface area contributed by atoms with Gasteiger partial charge in [0.1, 0.15) is 0 Å². The molecule has 2 aromatic carbocycles. The first-order chi connectivity index (χ1) is 15.9. The Morgan fingerprint density at radius 2 is 1.67 bits per heavy atom. The molecule has 3 rings (SSSR count). The molecular weight excluding hydrogens is 430 g/mol. The molecule has 0 aliphatic carbocycles. The average Bonchev–Trinajstić information content (AvgIpc) is 3.28. The van der Waals surface area contributed by atoms with Gasteiger partial charge >= 0.3 is 0 Å². The molecule has 3 N–H and O–H groups in total. The quantitative estimate of drug-likeness (QED) is 0.492. The van der Waals surface area contributed by atoms with Crippen molar-refractivity contribution in [1.82, 2.24) is 16.2 Å². The summed E-state index contributed by atoms with van der Waals surface area (Å²) in [6, 6.07) is 9.44. The summed E-state index contributed by atoms with van der Waals surface area (Å²) in [5.74, 6) is 0.859. The number of hydrogen-bond acceptors (Lipinski definition) is 7. The van der Waals surface area contributed by atoms with E-state index in [1.807, 2.05) is 0 Å². The molecule has 0 radical (unpaired) electrons. The van der Waals surface area contributed by atoms with Gasteiger partial charge in [-0.15, -0.1) is 0 Å². The Kier molecular flexibility index (Phi) is 7.96. The maximum absolute atomic E-state index is 12.4. The number of hydrogen-bond donors (Lipinski definition) is 3. The van der Waals surface area contributed by atoms with Gasteiger partial charge in [-0.1, -0.05) is 13.8 Å². The summed E-state index contributed by atoms with van der Waals surface area (Å²) in [7, 11) is 1.48. The van der Waals surface area contributed by atoms with E-state index in [0.717, 1.165) is 6.42 Å². The maximum Gasteiger partial charge on any atom is 0.269 e. The van der Waals surface area contributed by atoms with Crippen molar-refractivity contribution in [2.24, 2.45) is 5.92 Å². The number of ether oxygens (including phenoxy) is 4. The Balaban J connectivity index is 1.46. The molecule has 0 unspecified atom stereocenters. The molecule has 0 saturated carbocycles. The zero-order valence-corrected chi connectivity index (χ0v) is 18.7. The molecular formula is C23H27N3O7. The molecule has 33 heavy (non-hydrogen) atoms. The zero-order chi connectivity index (χ0) is 23.8. The van der Waals surface area contributed by atoms with Gasteiger partial charge in [-0.05, 0) is 48.7 Å². The van der Waals surface area contributed by atoms with Crippen LogP contribution in [0.5, 0.6) is 23.0 Å². The van der Waals surface area contributed by atoms with E-state index < -0.39 is 17.7 Å². The molecule has 0 bridgehead atoms. The van der Waals surface area contributed by atoms with Gasteiger partial charge in [0.25, 0.3) is 17.7 Å². The first-order valence-electron chi connectivity index (χ1n) is 10.4. The van der Waals surface area contributed by atoms with Gasteiger partial charge < -0.3 is 24.3 Å². The Bertz CT molecular complexity index is 1020. The minimum absolute atomic E-state index is 0.0995. The van der Waals surface area contributed by atoms with Crippen LogP contribution >= 0.6 is 0 Å². The molecule has 1 heterocycles. The summed E-state index contributed by atoms with van der Waals surface area (Å²) in [5.41, 5.74) is 5.15. The molecule has 0 atom stereocenters. The summed E-state index contributed by atoms with van der Waals surface area (Å²) in [4.78, 5) is 36.6. The highest BCUT2D eigenvalue weighted by molar-refractivity contribution is 5.98. The van der Waals surface area contributed by atoms with Crippen LogP contribution in [0.2, 0.25) is 0 Å². The fourth-order valence-corrected chi connectivity index (χ4v) is 2.88. The lowest BCUT2D eigenvalue weighted by atomic mass is 10.1. The number of methoxy groups -OCH3 is 1.